The largest absolute Gasteiger partial charge is 0.472 e. The van der Waals surface area contributed by atoms with E-state index < -0.39 is 0 Å². The Morgan fingerprint density at radius 1 is 1.50 bits per heavy atom. The summed E-state index contributed by atoms with van der Waals surface area (Å²) in [6, 6.07) is 1.82. The lowest BCUT2D eigenvalue weighted by atomic mass is 10.2. The molecule has 0 aliphatic carbocycles. The van der Waals surface area contributed by atoms with Gasteiger partial charge in [-0.15, -0.1) is 0 Å². The molecule has 1 aliphatic rings. The van der Waals surface area contributed by atoms with Crippen LogP contribution in [0, 0.1) is 0 Å². The Morgan fingerprint density at radius 3 is 3.15 bits per heavy atom. The molecule has 0 unspecified atom stereocenters. The lowest BCUT2D eigenvalue weighted by Crippen LogP contribution is -2.19. The van der Waals surface area contributed by atoms with E-state index in [2.05, 4.69) is 28.1 Å². The number of imidazole rings is 1. The standard InChI is InChI=1S/C14H13N5O/c1-3-17-13(15)9(2)11-7-18-14-10-6-16-5-4-12(10)20-8-19(11)14/h3-7H,1-2,8H2,(H2,15,17). The van der Waals surface area contributed by atoms with Gasteiger partial charge in [-0.1, -0.05) is 13.2 Å². The number of rotatable bonds is 3. The van der Waals surface area contributed by atoms with Gasteiger partial charge < -0.3 is 10.5 Å². The zero-order valence-electron chi connectivity index (χ0n) is 10.8. The summed E-state index contributed by atoms with van der Waals surface area (Å²) in [5.74, 6) is 1.85. The van der Waals surface area contributed by atoms with Crippen LogP contribution >= 0.6 is 0 Å². The van der Waals surface area contributed by atoms with Crippen LogP contribution in [0.1, 0.15) is 5.69 Å². The maximum atomic E-state index is 5.83. The minimum Gasteiger partial charge on any atom is -0.472 e. The predicted molar refractivity (Wildman–Crippen MR) is 76.9 cm³/mol. The quantitative estimate of drug-likeness (QED) is 0.679. The molecule has 6 nitrogen and oxygen atoms in total. The number of ether oxygens (including phenoxy) is 1. The fraction of sp³-hybridized carbons (Fsp3) is 0.0714. The van der Waals surface area contributed by atoms with E-state index in [0.29, 0.717) is 18.1 Å². The summed E-state index contributed by atoms with van der Waals surface area (Å²) in [5.41, 5.74) is 8.02. The Labute approximate surface area is 116 Å². The van der Waals surface area contributed by atoms with Crippen molar-refractivity contribution in [2.75, 3.05) is 0 Å². The molecule has 2 aromatic heterocycles. The molecule has 3 rings (SSSR count). The van der Waals surface area contributed by atoms with Gasteiger partial charge in [0.1, 0.15) is 17.4 Å². The molecule has 0 spiro atoms. The van der Waals surface area contributed by atoms with Crippen LogP contribution in [0.4, 0.5) is 0 Å². The zero-order chi connectivity index (χ0) is 14.1. The Morgan fingerprint density at radius 2 is 2.35 bits per heavy atom. The van der Waals surface area contributed by atoms with Crippen molar-refractivity contribution in [1.29, 1.82) is 0 Å². The molecular weight excluding hydrogens is 254 g/mol. The minimum atomic E-state index is 0.305. The van der Waals surface area contributed by atoms with Gasteiger partial charge >= 0.3 is 0 Å². The van der Waals surface area contributed by atoms with Gasteiger partial charge in [0.05, 0.1) is 17.5 Å². The fourth-order valence-electron chi connectivity index (χ4n) is 2.08. The first-order valence-electron chi connectivity index (χ1n) is 5.99. The topological polar surface area (TPSA) is 78.3 Å². The molecule has 0 fully saturated rings. The number of nitrogens with two attached hydrogens (primary N) is 1. The average molecular weight is 267 g/mol. The first-order chi connectivity index (χ1) is 9.72. The summed E-state index contributed by atoms with van der Waals surface area (Å²) in [4.78, 5) is 12.4. The summed E-state index contributed by atoms with van der Waals surface area (Å²) in [7, 11) is 0. The number of fused-ring (bicyclic) bond motifs is 3. The molecule has 1 aliphatic heterocycles. The van der Waals surface area contributed by atoms with Crippen molar-refractivity contribution >= 4 is 11.4 Å². The Bertz CT molecular complexity index is 729. The summed E-state index contributed by atoms with van der Waals surface area (Å²) in [5, 5.41) is 0. The lowest BCUT2D eigenvalue weighted by Gasteiger charge is -2.20. The van der Waals surface area contributed by atoms with Crippen LogP contribution in [0.3, 0.4) is 0 Å². The molecule has 20 heavy (non-hydrogen) atoms. The second-order valence-electron chi connectivity index (χ2n) is 4.22. The molecule has 0 bridgehead atoms. The van der Waals surface area contributed by atoms with Gasteiger partial charge in [-0.2, -0.15) is 0 Å². The normalized spacial score (nSPS) is 13.1. The first kappa shape index (κ1) is 12.2. The Balaban J connectivity index is 2.08. The highest BCUT2D eigenvalue weighted by Crippen LogP contribution is 2.34. The summed E-state index contributed by atoms with van der Waals surface area (Å²) < 4.78 is 7.57. The number of hydrogen-bond donors (Lipinski definition) is 1. The molecule has 0 radical (unpaired) electrons. The molecule has 6 heteroatoms. The zero-order valence-corrected chi connectivity index (χ0v) is 10.8. The van der Waals surface area contributed by atoms with Gasteiger partial charge in [0, 0.05) is 24.2 Å². The molecule has 0 aromatic carbocycles. The summed E-state index contributed by atoms with van der Waals surface area (Å²) >= 11 is 0. The van der Waals surface area contributed by atoms with Gasteiger partial charge in [-0.3, -0.25) is 9.55 Å². The van der Waals surface area contributed by atoms with Crippen LogP contribution in [0.15, 0.2) is 49.0 Å². The van der Waals surface area contributed by atoms with Gasteiger partial charge in [0.2, 0.25) is 0 Å². The van der Waals surface area contributed by atoms with Crippen molar-refractivity contribution < 1.29 is 4.74 Å². The molecule has 0 saturated carbocycles. The third-order valence-electron chi connectivity index (χ3n) is 3.08. The molecule has 0 saturated heterocycles. The predicted octanol–water partition coefficient (Wildman–Crippen LogP) is 1.81. The van der Waals surface area contributed by atoms with Crippen LogP contribution in [-0.4, -0.2) is 20.4 Å². The smallest absolute Gasteiger partial charge is 0.167 e. The van der Waals surface area contributed by atoms with Gasteiger partial charge in [0.15, 0.2) is 6.73 Å². The van der Waals surface area contributed by atoms with E-state index in [-0.39, 0.29) is 0 Å². The number of aromatic nitrogens is 3. The maximum absolute atomic E-state index is 5.83. The number of amidine groups is 1. The van der Waals surface area contributed by atoms with Gasteiger partial charge in [-0.05, 0) is 6.07 Å². The Hall–Kier alpha value is -2.89. The van der Waals surface area contributed by atoms with Crippen molar-refractivity contribution in [3.8, 4) is 17.1 Å². The van der Waals surface area contributed by atoms with Crippen molar-refractivity contribution in [3.05, 3.63) is 49.7 Å². The van der Waals surface area contributed by atoms with Gasteiger partial charge in [0.25, 0.3) is 0 Å². The highest BCUT2D eigenvalue weighted by atomic mass is 16.5. The number of pyridine rings is 1. The monoisotopic (exact) mass is 267 g/mol. The van der Waals surface area contributed by atoms with Gasteiger partial charge in [-0.25, -0.2) is 9.98 Å². The summed E-state index contributed by atoms with van der Waals surface area (Å²) in [6.45, 7) is 7.81. The number of hydrogen-bond acceptors (Lipinski definition) is 4. The second-order valence-corrected chi connectivity index (χ2v) is 4.22. The van der Waals surface area contributed by atoms with E-state index in [1.165, 1.54) is 6.20 Å². The third kappa shape index (κ3) is 1.78. The van der Waals surface area contributed by atoms with Crippen molar-refractivity contribution in [2.24, 2.45) is 10.7 Å². The molecular formula is C14H13N5O. The fourth-order valence-corrected chi connectivity index (χ4v) is 2.08. The maximum Gasteiger partial charge on any atom is 0.167 e. The van der Waals surface area contributed by atoms with Crippen LogP contribution in [0.25, 0.3) is 17.0 Å². The highest BCUT2D eigenvalue weighted by Gasteiger charge is 2.22. The van der Waals surface area contributed by atoms with Crippen LogP contribution < -0.4 is 10.5 Å². The van der Waals surface area contributed by atoms with Crippen molar-refractivity contribution in [2.45, 2.75) is 6.73 Å². The minimum absolute atomic E-state index is 0.305. The van der Waals surface area contributed by atoms with Crippen LogP contribution in [0.5, 0.6) is 5.75 Å². The van der Waals surface area contributed by atoms with Crippen molar-refractivity contribution in [3.63, 3.8) is 0 Å². The Kier molecular flexibility index (Phi) is 2.83. The van der Waals surface area contributed by atoms with Crippen LogP contribution in [-0.2, 0) is 6.73 Å². The third-order valence-corrected chi connectivity index (χ3v) is 3.08. The summed E-state index contributed by atoms with van der Waals surface area (Å²) in [6.07, 6.45) is 6.49. The van der Waals surface area contributed by atoms with E-state index in [9.17, 15) is 0 Å². The first-order valence-corrected chi connectivity index (χ1v) is 5.99. The second kappa shape index (κ2) is 4.65. The molecule has 3 heterocycles. The molecule has 2 N–H and O–H groups in total. The molecule has 100 valence electrons. The van der Waals surface area contributed by atoms with E-state index >= 15 is 0 Å². The van der Waals surface area contributed by atoms with E-state index in [0.717, 1.165) is 22.8 Å². The van der Waals surface area contributed by atoms with Crippen LogP contribution in [0.2, 0.25) is 0 Å². The SMILES string of the molecule is C=CN=C(N)C(=C)c1cnc2n1COc1ccncc1-2. The van der Waals surface area contributed by atoms with E-state index in [1.54, 1.807) is 18.6 Å². The highest BCUT2D eigenvalue weighted by molar-refractivity contribution is 6.20. The lowest BCUT2D eigenvalue weighted by molar-refractivity contribution is 0.228. The molecule has 0 amide bonds. The van der Waals surface area contributed by atoms with E-state index in [4.69, 9.17) is 10.5 Å². The van der Waals surface area contributed by atoms with Crippen molar-refractivity contribution in [1.82, 2.24) is 14.5 Å². The number of nitrogens with zero attached hydrogens (tertiary/aromatic N) is 4. The van der Waals surface area contributed by atoms with E-state index in [1.807, 2.05) is 10.6 Å². The molecule has 2 aromatic rings. The molecule has 0 atom stereocenters. The average Bonchev–Trinajstić information content (AvgIpc) is 2.91. The number of aliphatic imine (C=N–C) groups is 1.